The van der Waals surface area contributed by atoms with E-state index in [-0.39, 0.29) is 0 Å². The molecule has 2 nitrogen and oxygen atoms in total. The van der Waals surface area contributed by atoms with E-state index in [0.717, 1.165) is 18.4 Å². The normalized spacial score (nSPS) is 12.9. The van der Waals surface area contributed by atoms with Gasteiger partial charge in [0.2, 0.25) is 0 Å². The predicted molar refractivity (Wildman–Crippen MR) is 80.8 cm³/mol. The minimum Gasteiger partial charge on any atom is -0.478 e. The van der Waals surface area contributed by atoms with E-state index in [1.165, 1.54) is 22.3 Å². The Labute approximate surface area is 118 Å². The number of rotatable bonds is 3. The van der Waals surface area contributed by atoms with Gasteiger partial charge in [-0.1, -0.05) is 43.3 Å². The Morgan fingerprint density at radius 3 is 2.55 bits per heavy atom. The number of benzene rings is 2. The van der Waals surface area contributed by atoms with Crippen LogP contribution < -0.4 is 0 Å². The zero-order chi connectivity index (χ0) is 14.1. The van der Waals surface area contributed by atoms with Crippen LogP contribution in [-0.2, 0) is 12.8 Å². The molecule has 0 spiro atoms. The maximum Gasteiger partial charge on any atom is 0.335 e. The number of carboxylic acid groups (broad SMARTS) is 1. The number of aryl methyl sites for hydroxylation is 1. The smallest absolute Gasteiger partial charge is 0.335 e. The summed E-state index contributed by atoms with van der Waals surface area (Å²) in [5, 5.41) is 8.93. The van der Waals surface area contributed by atoms with Crippen LogP contribution in [-0.4, -0.2) is 11.1 Å². The summed E-state index contributed by atoms with van der Waals surface area (Å²) in [5.74, 6) is -0.882. The molecular formula is C18H16O2. The van der Waals surface area contributed by atoms with Gasteiger partial charge in [0.25, 0.3) is 0 Å². The van der Waals surface area contributed by atoms with Crippen molar-refractivity contribution in [2.75, 3.05) is 0 Å². The van der Waals surface area contributed by atoms with Gasteiger partial charge in [-0.2, -0.15) is 0 Å². The number of fused-ring (bicyclic) bond motifs is 1. The fourth-order valence-corrected chi connectivity index (χ4v) is 2.63. The van der Waals surface area contributed by atoms with E-state index in [2.05, 4.69) is 31.2 Å². The highest BCUT2D eigenvalue weighted by Gasteiger charge is 2.14. The first-order valence-electron chi connectivity index (χ1n) is 6.83. The lowest BCUT2D eigenvalue weighted by atomic mass is 10.0. The molecule has 1 aliphatic rings. The molecule has 0 atom stereocenters. The van der Waals surface area contributed by atoms with Crippen LogP contribution in [0, 0.1) is 0 Å². The molecule has 0 saturated heterocycles. The lowest BCUT2D eigenvalue weighted by Crippen LogP contribution is -1.96. The molecule has 0 radical (unpaired) electrons. The highest BCUT2D eigenvalue weighted by molar-refractivity contribution is 5.91. The zero-order valence-corrected chi connectivity index (χ0v) is 11.4. The molecule has 0 unspecified atom stereocenters. The Morgan fingerprint density at radius 2 is 1.90 bits per heavy atom. The quantitative estimate of drug-likeness (QED) is 0.908. The van der Waals surface area contributed by atoms with Crippen molar-refractivity contribution in [3.8, 4) is 0 Å². The third kappa shape index (κ3) is 2.25. The van der Waals surface area contributed by atoms with Crippen molar-refractivity contribution in [2.24, 2.45) is 0 Å². The van der Waals surface area contributed by atoms with Crippen LogP contribution in [0.4, 0.5) is 0 Å². The topological polar surface area (TPSA) is 37.3 Å². The molecule has 0 aromatic heterocycles. The number of carbonyl (C=O) groups is 1. The lowest BCUT2D eigenvalue weighted by molar-refractivity contribution is 0.0697. The summed E-state index contributed by atoms with van der Waals surface area (Å²) in [5.41, 5.74) is 6.69. The number of hydrogen-bond acceptors (Lipinski definition) is 1. The fraction of sp³-hybridized carbons (Fsp3) is 0.167. The van der Waals surface area contributed by atoms with Crippen LogP contribution in [0.2, 0.25) is 0 Å². The highest BCUT2D eigenvalue weighted by Crippen LogP contribution is 2.32. The first kappa shape index (κ1) is 12.7. The lowest BCUT2D eigenvalue weighted by Gasteiger charge is -2.04. The molecule has 2 aromatic carbocycles. The van der Waals surface area contributed by atoms with Gasteiger partial charge in [0, 0.05) is 0 Å². The fourth-order valence-electron chi connectivity index (χ4n) is 2.63. The third-order valence-corrected chi connectivity index (χ3v) is 3.83. The van der Waals surface area contributed by atoms with Crippen LogP contribution in [0.25, 0.3) is 11.6 Å². The summed E-state index contributed by atoms with van der Waals surface area (Å²) in [6, 6.07) is 13.7. The largest absolute Gasteiger partial charge is 0.478 e. The number of carboxylic acids is 1. The third-order valence-electron chi connectivity index (χ3n) is 3.83. The van der Waals surface area contributed by atoms with Gasteiger partial charge in [-0.25, -0.2) is 4.79 Å². The molecule has 2 aromatic rings. The van der Waals surface area contributed by atoms with Crippen molar-refractivity contribution >= 4 is 17.6 Å². The van der Waals surface area contributed by atoms with Crippen molar-refractivity contribution in [2.45, 2.75) is 19.8 Å². The first-order chi connectivity index (χ1) is 9.67. The number of aromatic carboxylic acids is 1. The van der Waals surface area contributed by atoms with Gasteiger partial charge in [0.1, 0.15) is 0 Å². The molecule has 0 fully saturated rings. The minimum absolute atomic E-state index is 0.332. The molecule has 100 valence electrons. The minimum atomic E-state index is -0.882. The van der Waals surface area contributed by atoms with Gasteiger partial charge in [-0.05, 0) is 52.8 Å². The molecular weight excluding hydrogens is 248 g/mol. The SMILES string of the molecule is CCc1ccc2c(c1)CC(c1ccc(C(=O)O)cc1)=C2. The van der Waals surface area contributed by atoms with E-state index in [0.29, 0.717) is 5.56 Å². The Kier molecular flexibility index (Phi) is 3.15. The molecule has 0 aliphatic heterocycles. The van der Waals surface area contributed by atoms with Gasteiger partial charge < -0.3 is 5.11 Å². The van der Waals surface area contributed by atoms with Crippen molar-refractivity contribution in [3.63, 3.8) is 0 Å². The predicted octanol–water partition coefficient (Wildman–Crippen LogP) is 4.04. The molecule has 0 heterocycles. The number of hydrogen-bond donors (Lipinski definition) is 1. The van der Waals surface area contributed by atoms with Crippen molar-refractivity contribution < 1.29 is 9.90 Å². The monoisotopic (exact) mass is 264 g/mol. The molecule has 0 saturated carbocycles. The average Bonchev–Trinajstić information content (AvgIpc) is 2.90. The molecule has 0 bridgehead atoms. The summed E-state index contributed by atoms with van der Waals surface area (Å²) in [6.07, 6.45) is 4.18. The highest BCUT2D eigenvalue weighted by atomic mass is 16.4. The first-order valence-corrected chi connectivity index (χ1v) is 6.83. The molecule has 3 rings (SSSR count). The summed E-state index contributed by atoms with van der Waals surface area (Å²) < 4.78 is 0. The summed E-state index contributed by atoms with van der Waals surface area (Å²) in [4.78, 5) is 10.9. The summed E-state index contributed by atoms with van der Waals surface area (Å²) >= 11 is 0. The number of allylic oxidation sites excluding steroid dienone is 1. The maximum atomic E-state index is 10.9. The Morgan fingerprint density at radius 1 is 1.15 bits per heavy atom. The Balaban J connectivity index is 1.88. The second-order valence-corrected chi connectivity index (χ2v) is 5.12. The van der Waals surface area contributed by atoms with E-state index in [1.807, 2.05) is 12.1 Å². The molecule has 1 aliphatic carbocycles. The average molecular weight is 264 g/mol. The van der Waals surface area contributed by atoms with Crippen LogP contribution in [0.3, 0.4) is 0 Å². The van der Waals surface area contributed by atoms with Gasteiger partial charge in [0.05, 0.1) is 5.56 Å². The molecule has 1 N–H and O–H groups in total. The zero-order valence-electron chi connectivity index (χ0n) is 11.4. The van der Waals surface area contributed by atoms with Crippen LogP contribution in [0.1, 0.15) is 39.5 Å². The van der Waals surface area contributed by atoms with E-state index in [1.54, 1.807) is 12.1 Å². The maximum absolute atomic E-state index is 10.9. The Bertz CT molecular complexity index is 694. The van der Waals surface area contributed by atoms with Gasteiger partial charge in [0.15, 0.2) is 0 Å². The van der Waals surface area contributed by atoms with Crippen molar-refractivity contribution in [3.05, 3.63) is 70.3 Å². The van der Waals surface area contributed by atoms with Crippen LogP contribution in [0.5, 0.6) is 0 Å². The van der Waals surface area contributed by atoms with E-state index in [4.69, 9.17) is 5.11 Å². The molecule has 20 heavy (non-hydrogen) atoms. The van der Waals surface area contributed by atoms with Crippen LogP contribution in [0.15, 0.2) is 42.5 Å². The second-order valence-electron chi connectivity index (χ2n) is 5.12. The Hall–Kier alpha value is -2.35. The van der Waals surface area contributed by atoms with Crippen molar-refractivity contribution in [1.82, 2.24) is 0 Å². The van der Waals surface area contributed by atoms with Gasteiger partial charge >= 0.3 is 5.97 Å². The van der Waals surface area contributed by atoms with E-state index >= 15 is 0 Å². The standard InChI is InChI=1S/C18H16O2/c1-2-12-3-4-15-10-17(11-16(15)9-12)13-5-7-14(8-6-13)18(19)20/h3-10H,2,11H2,1H3,(H,19,20). The summed E-state index contributed by atoms with van der Waals surface area (Å²) in [6.45, 7) is 2.16. The molecule has 2 heteroatoms. The summed E-state index contributed by atoms with van der Waals surface area (Å²) in [7, 11) is 0. The van der Waals surface area contributed by atoms with Crippen molar-refractivity contribution in [1.29, 1.82) is 0 Å². The van der Waals surface area contributed by atoms with Gasteiger partial charge in [-0.15, -0.1) is 0 Å². The molecule has 0 amide bonds. The van der Waals surface area contributed by atoms with Crippen LogP contribution >= 0.6 is 0 Å². The second kappa shape index (κ2) is 4.97. The van der Waals surface area contributed by atoms with E-state index in [9.17, 15) is 4.79 Å². The van der Waals surface area contributed by atoms with E-state index < -0.39 is 5.97 Å². The van der Waals surface area contributed by atoms with Gasteiger partial charge in [-0.3, -0.25) is 0 Å².